The number of carbonyl (C=O) groups excluding carboxylic acids is 1. The van der Waals surface area contributed by atoms with Gasteiger partial charge in [-0.2, -0.15) is 11.8 Å². The molecule has 3 nitrogen and oxygen atoms in total. The molecule has 2 unspecified atom stereocenters. The molecule has 21 heavy (non-hydrogen) atoms. The van der Waals surface area contributed by atoms with Crippen LogP contribution in [0.3, 0.4) is 0 Å². The summed E-state index contributed by atoms with van der Waals surface area (Å²) in [5, 5.41) is 12.5. The maximum atomic E-state index is 12.3. The zero-order valence-corrected chi connectivity index (χ0v) is 13.1. The van der Waals surface area contributed by atoms with Crippen LogP contribution in [0.1, 0.15) is 42.1 Å². The molecule has 2 rings (SSSR count). The third kappa shape index (κ3) is 4.80. The predicted octanol–water partition coefficient (Wildman–Crippen LogP) is 2.43. The van der Waals surface area contributed by atoms with Gasteiger partial charge in [0.1, 0.15) is 6.61 Å². The molecular weight excluding hydrogens is 282 g/mol. The summed E-state index contributed by atoms with van der Waals surface area (Å²) in [5.74, 6) is 6.52. The molecule has 0 saturated heterocycles. The Labute approximate surface area is 130 Å². The lowest BCUT2D eigenvalue weighted by atomic mass is 10.1. The van der Waals surface area contributed by atoms with Gasteiger partial charge in [0.2, 0.25) is 0 Å². The van der Waals surface area contributed by atoms with Gasteiger partial charge in [-0.25, -0.2) is 0 Å². The Morgan fingerprint density at radius 3 is 3.10 bits per heavy atom. The summed E-state index contributed by atoms with van der Waals surface area (Å²) in [5.41, 5.74) is 1.38. The molecule has 1 aromatic rings. The summed E-state index contributed by atoms with van der Waals surface area (Å²) in [4.78, 5) is 12.3. The molecule has 1 aliphatic carbocycles. The minimum atomic E-state index is -0.172. The molecule has 4 heteroatoms. The maximum Gasteiger partial charge on any atom is 0.251 e. The Bertz CT molecular complexity index is 547. The van der Waals surface area contributed by atoms with E-state index in [1.165, 1.54) is 6.42 Å². The molecule has 0 aliphatic heterocycles. The van der Waals surface area contributed by atoms with Gasteiger partial charge in [0.05, 0.1) is 0 Å². The van der Waals surface area contributed by atoms with Crippen LogP contribution in [-0.2, 0) is 0 Å². The number of aliphatic hydroxyl groups excluding tert-OH is 1. The molecule has 1 aromatic carbocycles. The molecule has 1 amide bonds. The van der Waals surface area contributed by atoms with Crippen LogP contribution in [0.15, 0.2) is 24.3 Å². The second-order valence-corrected chi connectivity index (χ2v) is 6.68. The average Bonchev–Trinajstić information content (AvgIpc) is 2.93. The molecule has 1 saturated carbocycles. The quantitative estimate of drug-likeness (QED) is 0.840. The van der Waals surface area contributed by atoms with Gasteiger partial charge in [-0.15, -0.1) is 0 Å². The Balaban J connectivity index is 1.94. The van der Waals surface area contributed by atoms with E-state index in [0.717, 1.165) is 24.2 Å². The molecule has 0 aromatic heterocycles. The highest BCUT2D eigenvalue weighted by molar-refractivity contribution is 7.99. The van der Waals surface area contributed by atoms with E-state index in [2.05, 4.69) is 24.1 Å². The SMILES string of the molecule is CCSC1CCC(NC(=O)c2cccc(C#CCO)c2)C1. The largest absolute Gasteiger partial charge is 0.384 e. The lowest BCUT2D eigenvalue weighted by Crippen LogP contribution is -2.33. The first-order valence-corrected chi connectivity index (χ1v) is 8.40. The van der Waals surface area contributed by atoms with Crippen LogP contribution < -0.4 is 5.32 Å². The van der Waals surface area contributed by atoms with E-state index >= 15 is 0 Å². The van der Waals surface area contributed by atoms with E-state index in [0.29, 0.717) is 10.8 Å². The van der Waals surface area contributed by atoms with Crippen molar-refractivity contribution in [3.8, 4) is 11.8 Å². The van der Waals surface area contributed by atoms with Crippen LogP contribution in [-0.4, -0.2) is 34.7 Å². The van der Waals surface area contributed by atoms with Crippen molar-refractivity contribution in [1.29, 1.82) is 0 Å². The van der Waals surface area contributed by atoms with Gasteiger partial charge in [0.25, 0.3) is 5.91 Å². The van der Waals surface area contributed by atoms with Crippen molar-refractivity contribution in [2.75, 3.05) is 12.4 Å². The number of amides is 1. The van der Waals surface area contributed by atoms with Gasteiger partial charge in [-0.1, -0.05) is 24.8 Å². The van der Waals surface area contributed by atoms with Crippen molar-refractivity contribution >= 4 is 17.7 Å². The van der Waals surface area contributed by atoms with Crippen LogP contribution in [0.2, 0.25) is 0 Å². The molecule has 2 N–H and O–H groups in total. The Kier molecular flexibility index (Phi) is 6.16. The molecule has 2 atom stereocenters. The minimum absolute atomic E-state index is 0.0326. The van der Waals surface area contributed by atoms with Crippen molar-refractivity contribution in [2.24, 2.45) is 0 Å². The zero-order valence-electron chi connectivity index (χ0n) is 12.3. The first-order valence-electron chi connectivity index (χ1n) is 7.35. The highest BCUT2D eigenvalue weighted by Gasteiger charge is 2.25. The molecule has 0 radical (unpaired) electrons. The van der Waals surface area contributed by atoms with Gasteiger partial charge >= 0.3 is 0 Å². The zero-order chi connectivity index (χ0) is 15.1. The summed E-state index contributed by atoms with van der Waals surface area (Å²) in [6, 6.07) is 7.51. The van der Waals surface area contributed by atoms with Crippen LogP contribution in [0.25, 0.3) is 0 Å². The van der Waals surface area contributed by atoms with Crippen molar-refractivity contribution in [1.82, 2.24) is 5.32 Å². The second kappa shape index (κ2) is 8.11. The van der Waals surface area contributed by atoms with E-state index in [9.17, 15) is 4.79 Å². The molecule has 0 bridgehead atoms. The molecule has 1 fully saturated rings. The number of aliphatic hydroxyl groups is 1. The van der Waals surface area contributed by atoms with Crippen molar-refractivity contribution in [2.45, 2.75) is 37.5 Å². The number of carbonyl (C=O) groups is 1. The van der Waals surface area contributed by atoms with Gasteiger partial charge in [0.15, 0.2) is 0 Å². The predicted molar refractivity (Wildman–Crippen MR) is 87.4 cm³/mol. The minimum Gasteiger partial charge on any atom is -0.384 e. The van der Waals surface area contributed by atoms with E-state index in [1.807, 2.05) is 23.9 Å². The third-order valence-corrected chi connectivity index (χ3v) is 4.79. The Hall–Kier alpha value is -1.44. The number of nitrogens with one attached hydrogen (secondary N) is 1. The Morgan fingerprint density at radius 2 is 2.33 bits per heavy atom. The van der Waals surface area contributed by atoms with Crippen LogP contribution in [0, 0.1) is 11.8 Å². The highest BCUT2D eigenvalue weighted by atomic mass is 32.2. The summed E-state index contributed by atoms with van der Waals surface area (Å²) < 4.78 is 0. The third-order valence-electron chi connectivity index (χ3n) is 3.56. The second-order valence-electron chi connectivity index (χ2n) is 5.10. The monoisotopic (exact) mass is 303 g/mol. The standard InChI is InChI=1S/C17H21NO2S/c1-2-21-16-9-8-15(12-16)18-17(20)14-7-3-5-13(11-14)6-4-10-19/h3,5,7,11,15-16,19H,2,8-10,12H2,1H3,(H,18,20). The van der Waals surface area contributed by atoms with E-state index < -0.39 is 0 Å². The van der Waals surface area contributed by atoms with Gasteiger partial charge < -0.3 is 10.4 Å². The normalized spacial score (nSPS) is 20.7. The molecule has 1 aliphatic rings. The number of benzene rings is 1. The van der Waals surface area contributed by atoms with Gasteiger partial charge in [-0.05, 0) is 43.2 Å². The fourth-order valence-corrected chi connectivity index (χ4v) is 3.75. The first kappa shape index (κ1) is 15.9. The lowest BCUT2D eigenvalue weighted by Gasteiger charge is -2.13. The summed E-state index contributed by atoms with van der Waals surface area (Å²) in [7, 11) is 0. The number of thioether (sulfide) groups is 1. The van der Waals surface area contributed by atoms with Crippen LogP contribution in [0.5, 0.6) is 0 Å². The summed E-state index contributed by atoms with van der Waals surface area (Å²) in [6.45, 7) is 2.00. The topological polar surface area (TPSA) is 49.3 Å². The number of hydrogen-bond acceptors (Lipinski definition) is 3. The van der Waals surface area contributed by atoms with Crippen molar-refractivity contribution in [3.05, 3.63) is 35.4 Å². The fourth-order valence-electron chi connectivity index (χ4n) is 2.61. The summed E-state index contributed by atoms with van der Waals surface area (Å²) >= 11 is 1.98. The average molecular weight is 303 g/mol. The van der Waals surface area contributed by atoms with Gasteiger partial charge in [-0.3, -0.25) is 4.79 Å². The van der Waals surface area contributed by atoms with E-state index in [1.54, 1.807) is 12.1 Å². The fraction of sp³-hybridized carbons (Fsp3) is 0.471. The van der Waals surface area contributed by atoms with E-state index in [4.69, 9.17) is 5.11 Å². The smallest absolute Gasteiger partial charge is 0.251 e. The molecule has 112 valence electrons. The number of hydrogen-bond donors (Lipinski definition) is 2. The van der Waals surface area contributed by atoms with Crippen LogP contribution >= 0.6 is 11.8 Å². The first-order chi connectivity index (χ1) is 10.2. The van der Waals surface area contributed by atoms with E-state index in [-0.39, 0.29) is 18.6 Å². The molecular formula is C17H21NO2S. The van der Waals surface area contributed by atoms with Crippen LogP contribution in [0.4, 0.5) is 0 Å². The van der Waals surface area contributed by atoms with Gasteiger partial charge in [0, 0.05) is 22.4 Å². The lowest BCUT2D eigenvalue weighted by molar-refractivity contribution is 0.0938. The molecule has 0 heterocycles. The number of rotatable bonds is 4. The Morgan fingerprint density at radius 1 is 1.48 bits per heavy atom. The van der Waals surface area contributed by atoms with Crippen molar-refractivity contribution < 1.29 is 9.90 Å². The molecule has 0 spiro atoms. The van der Waals surface area contributed by atoms with Crippen molar-refractivity contribution in [3.63, 3.8) is 0 Å². The highest BCUT2D eigenvalue weighted by Crippen LogP contribution is 2.29. The summed E-state index contributed by atoms with van der Waals surface area (Å²) in [6.07, 6.45) is 3.31. The maximum absolute atomic E-state index is 12.3.